The summed E-state index contributed by atoms with van der Waals surface area (Å²) in [6.45, 7) is 4.48. The Morgan fingerprint density at radius 3 is 2.09 bits per heavy atom. The number of hydrogen-bond donors (Lipinski definition) is 0. The second-order valence-electron chi connectivity index (χ2n) is 10.6. The topological polar surface area (TPSA) is 78.0 Å². The van der Waals surface area contributed by atoms with Crippen LogP contribution < -0.4 is 4.90 Å². The highest BCUT2D eigenvalue weighted by Gasteiger charge is 2.39. The molecule has 34 heavy (non-hydrogen) atoms. The number of rotatable bonds is 4. The lowest BCUT2D eigenvalue weighted by molar-refractivity contribution is -0.136. The van der Waals surface area contributed by atoms with Crippen molar-refractivity contribution < 1.29 is 18.0 Å². The minimum absolute atomic E-state index is 0.0572. The van der Waals surface area contributed by atoms with Crippen molar-refractivity contribution in [3.05, 3.63) is 23.8 Å². The number of likely N-dealkylation sites (tertiary alicyclic amines) is 1. The van der Waals surface area contributed by atoms with Gasteiger partial charge >= 0.3 is 0 Å². The Morgan fingerprint density at radius 1 is 0.824 bits per heavy atom. The van der Waals surface area contributed by atoms with E-state index in [0.29, 0.717) is 37.2 Å². The molecule has 7 nitrogen and oxygen atoms in total. The summed E-state index contributed by atoms with van der Waals surface area (Å²) in [5, 5.41) is 0. The lowest BCUT2D eigenvalue weighted by Crippen LogP contribution is -2.44. The first-order chi connectivity index (χ1) is 16.4. The van der Waals surface area contributed by atoms with Crippen LogP contribution in [0.2, 0.25) is 0 Å². The molecule has 1 saturated carbocycles. The first-order valence-electron chi connectivity index (χ1n) is 13.1. The van der Waals surface area contributed by atoms with Gasteiger partial charge < -0.3 is 9.80 Å². The van der Waals surface area contributed by atoms with Crippen LogP contribution in [0.5, 0.6) is 0 Å². The molecule has 3 aliphatic heterocycles. The van der Waals surface area contributed by atoms with Gasteiger partial charge in [0.25, 0.3) is 0 Å². The van der Waals surface area contributed by atoms with E-state index in [1.54, 1.807) is 12.1 Å². The lowest BCUT2D eigenvalue weighted by Gasteiger charge is -2.33. The number of piperidine rings is 1. The van der Waals surface area contributed by atoms with Crippen molar-refractivity contribution in [3.8, 4) is 0 Å². The van der Waals surface area contributed by atoms with Crippen LogP contribution in [0.4, 0.5) is 5.69 Å². The third-order valence-corrected chi connectivity index (χ3v) is 10.2. The first kappa shape index (κ1) is 23.8. The summed E-state index contributed by atoms with van der Waals surface area (Å²) in [6, 6.07) is 5.30. The van der Waals surface area contributed by atoms with Crippen molar-refractivity contribution >= 4 is 27.5 Å². The number of fused-ring (bicyclic) bond motifs is 1. The highest BCUT2D eigenvalue weighted by atomic mass is 32.2. The summed E-state index contributed by atoms with van der Waals surface area (Å²) >= 11 is 0. The predicted molar refractivity (Wildman–Crippen MR) is 131 cm³/mol. The smallest absolute Gasteiger partial charge is 0.243 e. The van der Waals surface area contributed by atoms with Gasteiger partial charge in [0.05, 0.1) is 4.90 Å². The van der Waals surface area contributed by atoms with Gasteiger partial charge in [-0.15, -0.1) is 0 Å². The summed E-state index contributed by atoms with van der Waals surface area (Å²) in [6.07, 6.45) is 9.39. The van der Waals surface area contributed by atoms with E-state index in [2.05, 4.69) is 0 Å². The zero-order valence-corrected chi connectivity index (χ0v) is 21.1. The van der Waals surface area contributed by atoms with Crippen molar-refractivity contribution in [2.24, 2.45) is 11.8 Å². The molecule has 0 bridgehead atoms. The van der Waals surface area contributed by atoms with Gasteiger partial charge in [0, 0.05) is 49.7 Å². The quantitative estimate of drug-likeness (QED) is 0.651. The van der Waals surface area contributed by atoms with E-state index >= 15 is 0 Å². The van der Waals surface area contributed by atoms with Gasteiger partial charge in [-0.05, 0) is 75.6 Å². The standard InChI is InChI=1S/C26H37N3O4S/c1-19-17-22-18-23(9-10-24(22)29(19)26(31)20-7-6-8-20)34(32,33)28-15-11-21(12-16-28)25(30)27-13-4-2-3-5-14-27/h9-10,18-21H,2-8,11-17H2,1H3/t19-/m1/s1. The average Bonchev–Trinajstić information content (AvgIpc) is 2.94. The van der Waals surface area contributed by atoms with Crippen LogP contribution in [-0.4, -0.2) is 61.7 Å². The fourth-order valence-corrected chi connectivity index (χ4v) is 7.52. The normalized spacial score (nSPS) is 25.0. The monoisotopic (exact) mass is 487 g/mol. The van der Waals surface area contributed by atoms with Crippen LogP contribution in [0.15, 0.2) is 23.1 Å². The van der Waals surface area contributed by atoms with Gasteiger partial charge in [-0.25, -0.2) is 8.42 Å². The van der Waals surface area contributed by atoms with E-state index in [4.69, 9.17) is 0 Å². The molecular formula is C26H37N3O4S. The molecule has 8 heteroatoms. The van der Waals surface area contributed by atoms with Gasteiger partial charge in [0.1, 0.15) is 0 Å². The second kappa shape index (κ2) is 9.61. The van der Waals surface area contributed by atoms with Crippen molar-refractivity contribution in [3.63, 3.8) is 0 Å². The summed E-state index contributed by atoms with van der Waals surface area (Å²) in [7, 11) is -3.62. The number of carbonyl (C=O) groups excluding carboxylic acids is 2. The Balaban J connectivity index is 1.25. The van der Waals surface area contributed by atoms with E-state index in [0.717, 1.165) is 56.4 Å². The second-order valence-corrected chi connectivity index (χ2v) is 12.5. The third kappa shape index (κ3) is 4.39. The molecule has 3 heterocycles. The van der Waals surface area contributed by atoms with Crippen molar-refractivity contribution in [2.75, 3.05) is 31.1 Å². The highest BCUT2D eigenvalue weighted by Crippen LogP contribution is 2.39. The van der Waals surface area contributed by atoms with Gasteiger partial charge in [-0.1, -0.05) is 19.3 Å². The minimum Gasteiger partial charge on any atom is -0.342 e. The number of hydrogen-bond acceptors (Lipinski definition) is 4. The molecule has 5 rings (SSSR count). The Hall–Kier alpha value is -1.93. The molecule has 0 unspecified atom stereocenters. The van der Waals surface area contributed by atoms with E-state index in [1.807, 2.05) is 22.8 Å². The number of anilines is 1. The van der Waals surface area contributed by atoms with Gasteiger partial charge in [0.2, 0.25) is 21.8 Å². The molecule has 2 amide bonds. The molecule has 4 aliphatic rings. The van der Waals surface area contributed by atoms with E-state index in [-0.39, 0.29) is 29.7 Å². The fourth-order valence-electron chi connectivity index (χ4n) is 6.00. The maximum absolute atomic E-state index is 13.4. The number of nitrogens with zero attached hydrogens (tertiary/aromatic N) is 3. The molecule has 0 spiro atoms. The SMILES string of the molecule is C[C@@H]1Cc2cc(S(=O)(=O)N3CCC(C(=O)N4CCCCCC4)CC3)ccc2N1C(=O)C1CCC1. The van der Waals surface area contributed by atoms with Gasteiger partial charge in [0.15, 0.2) is 0 Å². The molecule has 2 saturated heterocycles. The fraction of sp³-hybridized carbons (Fsp3) is 0.692. The van der Waals surface area contributed by atoms with Gasteiger partial charge in [-0.2, -0.15) is 4.31 Å². The molecular weight excluding hydrogens is 450 g/mol. The Morgan fingerprint density at radius 2 is 1.47 bits per heavy atom. The van der Waals surface area contributed by atoms with E-state index < -0.39 is 10.0 Å². The first-order valence-corrected chi connectivity index (χ1v) is 14.5. The molecule has 1 aromatic rings. The van der Waals surface area contributed by atoms with E-state index in [1.165, 1.54) is 17.1 Å². The largest absolute Gasteiger partial charge is 0.342 e. The number of sulfonamides is 1. The number of amides is 2. The Bertz CT molecular complexity index is 1040. The van der Waals surface area contributed by atoms with Crippen LogP contribution in [0.1, 0.15) is 70.3 Å². The van der Waals surface area contributed by atoms with Crippen molar-refractivity contribution in [1.82, 2.24) is 9.21 Å². The zero-order valence-electron chi connectivity index (χ0n) is 20.2. The molecule has 1 atom stereocenters. The number of carbonyl (C=O) groups is 2. The van der Waals surface area contributed by atoms with Crippen molar-refractivity contribution in [1.29, 1.82) is 0 Å². The predicted octanol–water partition coefficient (Wildman–Crippen LogP) is 3.57. The lowest BCUT2D eigenvalue weighted by atomic mass is 9.84. The Labute approximate surface area is 203 Å². The summed E-state index contributed by atoms with van der Waals surface area (Å²) in [5.74, 6) is 0.442. The summed E-state index contributed by atoms with van der Waals surface area (Å²) in [4.78, 5) is 30.1. The maximum atomic E-state index is 13.4. The molecule has 1 aromatic carbocycles. The van der Waals surface area contributed by atoms with E-state index in [9.17, 15) is 18.0 Å². The van der Waals surface area contributed by atoms with Crippen LogP contribution in [0.3, 0.4) is 0 Å². The summed E-state index contributed by atoms with van der Waals surface area (Å²) in [5.41, 5.74) is 1.80. The molecule has 0 aromatic heterocycles. The molecule has 1 aliphatic carbocycles. The van der Waals surface area contributed by atoms with Crippen LogP contribution in [-0.2, 0) is 26.0 Å². The van der Waals surface area contributed by atoms with Crippen LogP contribution in [0, 0.1) is 11.8 Å². The molecule has 3 fully saturated rings. The molecule has 186 valence electrons. The van der Waals surface area contributed by atoms with Crippen LogP contribution in [0.25, 0.3) is 0 Å². The molecule has 0 N–H and O–H groups in total. The van der Waals surface area contributed by atoms with Gasteiger partial charge in [-0.3, -0.25) is 9.59 Å². The van der Waals surface area contributed by atoms with Crippen LogP contribution >= 0.6 is 0 Å². The maximum Gasteiger partial charge on any atom is 0.243 e. The minimum atomic E-state index is -3.62. The molecule has 0 radical (unpaired) electrons. The highest BCUT2D eigenvalue weighted by molar-refractivity contribution is 7.89. The summed E-state index contributed by atoms with van der Waals surface area (Å²) < 4.78 is 28.4. The number of benzene rings is 1. The zero-order chi connectivity index (χ0) is 23.9. The Kier molecular flexibility index (Phi) is 6.73. The third-order valence-electron chi connectivity index (χ3n) is 8.32. The average molecular weight is 488 g/mol. The van der Waals surface area contributed by atoms with Crippen molar-refractivity contribution in [2.45, 2.75) is 82.1 Å².